The van der Waals surface area contributed by atoms with Crippen LogP contribution in [0.1, 0.15) is 0 Å². The normalized spacial score (nSPS) is 11.5. The number of benzene rings is 20. The lowest BCUT2D eigenvalue weighted by molar-refractivity contribution is 0.635. The second-order valence-corrected chi connectivity index (χ2v) is 37.3. The van der Waals surface area contributed by atoms with Gasteiger partial charge in [-0.25, -0.2) is 19.9 Å². The Morgan fingerprint density at radius 2 is 0.407 bits per heavy atom. The van der Waals surface area contributed by atoms with Crippen molar-refractivity contribution in [1.29, 1.82) is 0 Å². The lowest BCUT2D eigenvalue weighted by Gasteiger charge is -2.13. The molecular weight excluding hydrogens is 1830 g/mol. The summed E-state index contributed by atoms with van der Waals surface area (Å²) in [4.78, 5) is 30.6. The number of fused-ring (bicyclic) bond motifs is 15. The predicted octanol–water partition coefficient (Wildman–Crippen LogP) is 36.3. The van der Waals surface area contributed by atoms with Crippen LogP contribution < -0.4 is 0 Å². The molecule has 0 saturated heterocycles. The summed E-state index contributed by atoms with van der Waals surface area (Å²) in [7, 11) is 0. The molecular formula is C138H89N9O3. The smallest absolute Gasteiger partial charge is 0.238 e. The van der Waals surface area contributed by atoms with Crippen molar-refractivity contribution in [3.05, 3.63) is 540 Å². The Balaban J connectivity index is 0.000000111. The van der Waals surface area contributed by atoms with Crippen molar-refractivity contribution in [2.45, 2.75) is 0 Å². The maximum absolute atomic E-state index is 6.99. The van der Waals surface area contributed by atoms with Crippen LogP contribution in [-0.2, 0) is 0 Å². The van der Waals surface area contributed by atoms with Crippen molar-refractivity contribution in [2.75, 3.05) is 0 Å². The number of hydrogen-bond acceptors (Lipinski definition) is 9. The first-order chi connectivity index (χ1) is 74.4. The van der Waals surface area contributed by atoms with E-state index in [0.29, 0.717) is 23.4 Å². The van der Waals surface area contributed by atoms with Gasteiger partial charge in [0.15, 0.2) is 17.5 Å². The first kappa shape index (κ1) is 88.6. The third-order valence-electron chi connectivity index (χ3n) is 28.3. The van der Waals surface area contributed by atoms with E-state index in [2.05, 4.69) is 414 Å². The highest BCUT2D eigenvalue weighted by atomic mass is 16.3. The second kappa shape index (κ2) is 38.4. The lowest BCUT2D eigenvalue weighted by Crippen LogP contribution is -2.06. The van der Waals surface area contributed by atoms with Crippen molar-refractivity contribution < 1.29 is 13.3 Å². The summed E-state index contributed by atoms with van der Waals surface area (Å²) in [6.45, 7) is 0. The first-order valence-electron chi connectivity index (χ1n) is 50.4. The highest BCUT2D eigenvalue weighted by Crippen LogP contribution is 2.52. The van der Waals surface area contributed by atoms with Crippen molar-refractivity contribution in [3.8, 4) is 175 Å². The van der Waals surface area contributed by atoms with Gasteiger partial charge in [-0.2, -0.15) is 9.97 Å². The lowest BCUT2D eigenvalue weighted by atomic mass is 9.98. The maximum Gasteiger partial charge on any atom is 0.238 e. The molecule has 150 heavy (non-hydrogen) atoms. The van der Waals surface area contributed by atoms with Gasteiger partial charge in [0.2, 0.25) is 5.95 Å². The molecule has 0 aliphatic rings. The standard InChI is InChI=1S/C49H32N2O.C48H31N3O.C41H26N4O/c1-5-16-33(17-6-1)38-31-42(34-18-7-2-8-19-34)50-43(32-38)37-24-15-25-39(30-37)51-44-27-14-13-26-40(44)47-45(51)29-28-41-46(35-20-9-3-10-21-35)48(52-49(41)47)36-22-11-4-12-23-36;1-5-16-32(17-6-1)40-31-41(33-18-7-2-8-19-33)50-48(49-40)36-24-15-25-37(30-36)51-42-27-14-13-26-38(42)45-43(51)29-28-39-44(34-20-9-3-10-21-34)46(52-47(39)45)35-22-11-4-12-23-35;1-5-15-27(16-6-1)35-32-25-26-34-36(38(32)46-37(35)28-17-7-2-8-18-28)31-23-13-14-24-33(31)45(34)41-43-39(29-19-9-3-10-20-29)42-40(44-41)30-21-11-4-12-22-30/h1-32H;1-31H;1-26H. The summed E-state index contributed by atoms with van der Waals surface area (Å²) >= 11 is 0. The largest absolute Gasteiger partial charge is 0.455 e. The molecule has 9 heterocycles. The fraction of sp³-hybridized carbons (Fsp3) is 0. The minimum absolute atomic E-state index is 0.552. The minimum Gasteiger partial charge on any atom is -0.455 e. The van der Waals surface area contributed by atoms with Gasteiger partial charge in [0.1, 0.15) is 34.0 Å². The molecule has 9 aromatic heterocycles. The molecule has 0 amide bonds. The maximum atomic E-state index is 6.99. The average Bonchev–Trinajstić information content (AvgIpc) is 1.57. The van der Waals surface area contributed by atoms with Crippen LogP contribution in [-0.4, -0.2) is 43.6 Å². The molecule has 0 unspecified atom stereocenters. The van der Waals surface area contributed by atoms with Gasteiger partial charge in [-0.15, -0.1) is 0 Å². The molecule has 0 saturated carbocycles. The molecule has 0 aliphatic carbocycles. The van der Waals surface area contributed by atoms with Crippen LogP contribution in [0.3, 0.4) is 0 Å². The molecule has 29 aromatic rings. The van der Waals surface area contributed by atoms with E-state index in [1.807, 2.05) is 140 Å². The summed E-state index contributed by atoms with van der Waals surface area (Å²) in [6.07, 6.45) is 0. The summed E-state index contributed by atoms with van der Waals surface area (Å²) < 4.78 is 27.7. The van der Waals surface area contributed by atoms with Crippen LogP contribution in [0, 0.1) is 0 Å². The van der Waals surface area contributed by atoms with E-state index in [1.165, 1.54) is 0 Å². The van der Waals surface area contributed by atoms with Crippen molar-refractivity contribution in [2.24, 2.45) is 0 Å². The number of hydrogen-bond donors (Lipinski definition) is 0. The quantitative estimate of drug-likeness (QED) is 0.0874. The van der Waals surface area contributed by atoms with Crippen LogP contribution in [0.25, 0.3) is 273 Å². The van der Waals surface area contributed by atoms with Gasteiger partial charge < -0.3 is 22.4 Å². The highest BCUT2D eigenvalue weighted by molar-refractivity contribution is 6.26. The van der Waals surface area contributed by atoms with Crippen LogP contribution in [0.2, 0.25) is 0 Å². The third-order valence-corrected chi connectivity index (χ3v) is 28.3. The van der Waals surface area contributed by atoms with E-state index in [4.69, 9.17) is 43.2 Å². The fourth-order valence-electron chi connectivity index (χ4n) is 21.5. The Morgan fingerprint density at radius 3 is 0.760 bits per heavy atom. The van der Waals surface area contributed by atoms with Gasteiger partial charge in [-0.1, -0.05) is 443 Å². The van der Waals surface area contributed by atoms with E-state index in [-0.39, 0.29) is 0 Å². The van der Waals surface area contributed by atoms with Gasteiger partial charge in [-0.3, -0.25) is 4.57 Å². The zero-order valence-corrected chi connectivity index (χ0v) is 81.1. The summed E-state index contributed by atoms with van der Waals surface area (Å²) in [5.41, 5.74) is 33.8. The SMILES string of the molecule is c1ccc(-c2cc(-c3ccccc3)nc(-c3cccc(-n4c5ccccc5c5c6oc(-c7ccccc7)c(-c7ccccc7)c6ccc54)c3)c2)cc1.c1ccc(-c2cc(-c3ccccc3)nc(-c3cccc(-n4c5ccccc5c5c6oc(-c7ccccc7)c(-c7ccccc7)c6ccc54)c3)n2)cc1.c1ccc(-c2nc(-c3ccccc3)nc(-n3c4ccccc4c4c5oc(-c6ccccc6)c(-c6ccccc6)c5ccc43)n2)cc1. The zero-order valence-electron chi connectivity index (χ0n) is 81.1. The summed E-state index contributed by atoms with van der Waals surface area (Å²) in [5, 5.41) is 9.82. The topological polar surface area (TPSA) is 132 Å². The van der Waals surface area contributed by atoms with Gasteiger partial charge in [0, 0.05) is 116 Å². The molecule has 0 radical (unpaired) electrons. The fourth-order valence-corrected chi connectivity index (χ4v) is 21.5. The van der Waals surface area contributed by atoms with E-state index in [9.17, 15) is 0 Å². The van der Waals surface area contributed by atoms with Crippen LogP contribution in [0.4, 0.5) is 0 Å². The number of furan rings is 3. The highest BCUT2D eigenvalue weighted by Gasteiger charge is 2.30. The van der Waals surface area contributed by atoms with Crippen LogP contribution in [0.15, 0.2) is 553 Å². The third kappa shape index (κ3) is 16.2. The van der Waals surface area contributed by atoms with Gasteiger partial charge in [0.05, 0.1) is 72.0 Å². The van der Waals surface area contributed by atoms with E-state index in [1.54, 1.807) is 0 Å². The van der Waals surface area contributed by atoms with Crippen LogP contribution in [0.5, 0.6) is 0 Å². The van der Waals surface area contributed by atoms with Crippen LogP contribution >= 0.6 is 0 Å². The molecule has 0 N–H and O–H groups in total. The molecule has 0 atom stereocenters. The van der Waals surface area contributed by atoms with Gasteiger partial charge >= 0.3 is 0 Å². The van der Waals surface area contributed by atoms with E-state index in [0.717, 1.165) is 250 Å². The molecule has 12 heteroatoms. The second-order valence-electron chi connectivity index (χ2n) is 37.3. The molecule has 12 nitrogen and oxygen atoms in total. The van der Waals surface area contributed by atoms with E-state index < -0.39 is 0 Å². The Labute approximate surface area is 864 Å². The van der Waals surface area contributed by atoms with Gasteiger partial charge in [-0.05, 0) is 125 Å². The van der Waals surface area contributed by atoms with Gasteiger partial charge in [0.25, 0.3) is 0 Å². The Morgan fingerprint density at radius 1 is 0.147 bits per heavy atom. The molecule has 0 fully saturated rings. The molecule has 704 valence electrons. The van der Waals surface area contributed by atoms with Crippen molar-refractivity contribution >= 4 is 98.3 Å². The molecule has 0 spiro atoms. The molecule has 29 rings (SSSR count). The van der Waals surface area contributed by atoms with E-state index >= 15 is 0 Å². The molecule has 0 aliphatic heterocycles. The zero-order chi connectivity index (χ0) is 99.3. The van der Waals surface area contributed by atoms with Crippen molar-refractivity contribution in [3.63, 3.8) is 0 Å². The Kier molecular flexibility index (Phi) is 22.7. The average molecular weight is 1920 g/mol. The number of rotatable bonds is 17. The van der Waals surface area contributed by atoms with Crippen molar-refractivity contribution in [1.82, 2.24) is 43.6 Å². The first-order valence-corrected chi connectivity index (χ1v) is 50.4. The molecule has 20 aromatic carbocycles. The monoisotopic (exact) mass is 1920 g/mol. The summed E-state index contributed by atoms with van der Waals surface area (Å²) in [5.74, 6) is 5.07. The molecule has 0 bridgehead atoms. The number of aromatic nitrogens is 9. The summed E-state index contributed by atoms with van der Waals surface area (Å²) in [6, 6.07) is 187. The number of pyridine rings is 1. The Hall–Kier alpha value is -20.3. The number of para-hydroxylation sites is 3. The minimum atomic E-state index is 0.552. The Bertz CT molecular complexity index is 9510. The predicted molar refractivity (Wildman–Crippen MR) is 615 cm³/mol. The number of nitrogens with zero attached hydrogens (tertiary/aromatic N) is 9.